The highest BCUT2D eigenvalue weighted by Crippen LogP contribution is 2.18. The Balaban J connectivity index is 0.00000320. The number of hydrogen-bond acceptors (Lipinski definition) is 4. The van der Waals surface area contributed by atoms with Crippen LogP contribution in [0.5, 0.6) is 5.75 Å². The van der Waals surface area contributed by atoms with Crippen LogP contribution in [0.2, 0.25) is 0 Å². The fraction of sp³-hybridized carbons (Fsp3) is 0.391. The predicted molar refractivity (Wildman–Crippen MR) is 120 cm³/mol. The molecule has 30 heavy (non-hydrogen) atoms. The summed E-state index contributed by atoms with van der Waals surface area (Å²) >= 11 is 0. The Morgan fingerprint density at radius 1 is 1.10 bits per heavy atom. The summed E-state index contributed by atoms with van der Waals surface area (Å²) in [4.78, 5) is 25.6. The third-order valence-corrected chi connectivity index (χ3v) is 5.29. The smallest absolute Gasteiger partial charge is 0.243 e. The number of rotatable bonds is 7. The Morgan fingerprint density at radius 3 is 2.47 bits per heavy atom. The molecule has 2 atom stereocenters. The van der Waals surface area contributed by atoms with Crippen molar-refractivity contribution < 1.29 is 14.3 Å². The van der Waals surface area contributed by atoms with Gasteiger partial charge in [-0.15, -0.1) is 12.4 Å². The van der Waals surface area contributed by atoms with E-state index in [-0.39, 0.29) is 36.2 Å². The van der Waals surface area contributed by atoms with Crippen LogP contribution in [0.15, 0.2) is 48.5 Å². The topological polar surface area (TPSA) is 79.5 Å². The zero-order valence-corrected chi connectivity index (χ0v) is 18.4. The molecule has 162 valence electrons. The number of amides is 2. The third kappa shape index (κ3) is 5.74. The lowest BCUT2D eigenvalue weighted by molar-refractivity contribution is -0.131. The van der Waals surface area contributed by atoms with E-state index in [1.165, 1.54) is 11.1 Å². The molecule has 0 aromatic heterocycles. The van der Waals surface area contributed by atoms with E-state index in [0.29, 0.717) is 19.5 Å². The van der Waals surface area contributed by atoms with Gasteiger partial charge in [0.1, 0.15) is 11.8 Å². The molecule has 0 fully saturated rings. The molecule has 2 aromatic carbocycles. The molecule has 2 unspecified atom stereocenters. The van der Waals surface area contributed by atoms with Crippen LogP contribution in [0.1, 0.15) is 30.5 Å². The number of methoxy groups -OCH3 is 1. The molecule has 0 saturated carbocycles. The van der Waals surface area contributed by atoms with Crippen molar-refractivity contribution in [3.63, 3.8) is 0 Å². The second-order valence-electron chi connectivity index (χ2n) is 7.67. The summed E-state index contributed by atoms with van der Waals surface area (Å²) in [6.07, 6.45) is 0.621. The fourth-order valence-electron chi connectivity index (χ4n) is 3.57. The molecule has 1 aliphatic heterocycles. The molecule has 0 aliphatic carbocycles. The maximum Gasteiger partial charge on any atom is 0.243 e. The highest BCUT2D eigenvalue weighted by Gasteiger charge is 2.29. The van der Waals surface area contributed by atoms with E-state index < -0.39 is 6.04 Å². The van der Waals surface area contributed by atoms with Gasteiger partial charge in [-0.25, -0.2) is 0 Å². The van der Waals surface area contributed by atoms with E-state index in [1.807, 2.05) is 50.2 Å². The highest BCUT2D eigenvalue weighted by molar-refractivity contribution is 5.90. The Kier molecular flexibility index (Phi) is 8.69. The van der Waals surface area contributed by atoms with Gasteiger partial charge >= 0.3 is 0 Å². The quantitative estimate of drug-likeness (QED) is 0.629. The molecule has 2 aromatic rings. The lowest BCUT2D eigenvalue weighted by Crippen LogP contribution is -2.55. The van der Waals surface area contributed by atoms with E-state index in [4.69, 9.17) is 4.74 Å². The van der Waals surface area contributed by atoms with Crippen molar-refractivity contribution in [1.82, 2.24) is 16.0 Å². The molecule has 3 N–H and O–H groups in total. The standard InChI is InChI=1S/C23H29N3O3.ClH/c1-15(2)21(23(28)25-14-18-10-6-7-11-20(18)29-3)26-22(27)19-12-16-8-4-5-9-17(16)13-24-19;/h4-11,15,19,21,24H,12-14H2,1-3H3,(H,25,28)(H,26,27);1H. The van der Waals surface area contributed by atoms with Crippen LogP contribution in [0.3, 0.4) is 0 Å². The minimum Gasteiger partial charge on any atom is -0.496 e. The van der Waals surface area contributed by atoms with E-state index in [0.717, 1.165) is 11.3 Å². The molecule has 0 bridgehead atoms. The Hall–Kier alpha value is -2.57. The zero-order chi connectivity index (χ0) is 20.8. The van der Waals surface area contributed by atoms with E-state index in [9.17, 15) is 9.59 Å². The van der Waals surface area contributed by atoms with Gasteiger partial charge in [-0.05, 0) is 29.5 Å². The van der Waals surface area contributed by atoms with Crippen LogP contribution in [0.4, 0.5) is 0 Å². The Labute approximate surface area is 184 Å². The van der Waals surface area contributed by atoms with Gasteiger partial charge in [-0.2, -0.15) is 0 Å². The number of nitrogens with one attached hydrogen (secondary N) is 3. The van der Waals surface area contributed by atoms with E-state index in [1.54, 1.807) is 7.11 Å². The van der Waals surface area contributed by atoms with Gasteiger partial charge in [0.05, 0.1) is 13.2 Å². The maximum absolute atomic E-state index is 12.8. The van der Waals surface area contributed by atoms with Crippen molar-refractivity contribution in [2.24, 2.45) is 5.92 Å². The van der Waals surface area contributed by atoms with Gasteiger partial charge in [0.15, 0.2) is 0 Å². The molecule has 6 nitrogen and oxygen atoms in total. The Morgan fingerprint density at radius 2 is 1.77 bits per heavy atom. The first kappa shape index (κ1) is 23.7. The SMILES string of the molecule is COc1ccccc1CNC(=O)C(NC(=O)C1Cc2ccccc2CN1)C(C)C.Cl. The molecule has 0 radical (unpaired) electrons. The number of halogens is 1. The van der Waals surface area contributed by atoms with Gasteiger partial charge in [0, 0.05) is 18.7 Å². The molecule has 0 saturated heterocycles. The number of para-hydroxylation sites is 1. The minimum atomic E-state index is -0.601. The summed E-state index contributed by atoms with van der Waals surface area (Å²) in [6.45, 7) is 4.85. The molecule has 0 spiro atoms. The normalized spacial score (nSPS) is 16.1. The van der Waals surface area contributed by atoms with Gasteiger partial charge in [-0.3, -0.25) is 9.59 Å². The van der Waals surface area contributed by atoms with Gasteiger partial charge < -0.3 is 20.7 Å². The number of carbonyl (C=O) groups excluding carboxylic acids is 2. The van der Waals surface area contributed by atoms with Crippen LogP contribution in [0.25, 0.3) is 0 Å². The summed E-state index contributed by atoms with van der Waals surface area (Å²) in [5.41, 5.74) is 3.28. The lowest BCUT2D eigenvalue weighted by Gasteiger charge is -2.28. The zero-order valence-electron chi connectivity index (χ0n) is 17.6. The minimum absolute atomic E-state index is 0. The Bertz CT molecular complexity index is 872. The summed E-state index contributed by atoms with van der Waals surface area (Å²) < 4.78 is 5.33. The van der Waals surface area contributed by atoms with E-state index >= 15 is 0 Å². The van der Waals surface area contributed by atoms with Gasteiger partial charge in [-0.1, -0.05) is 56.3 Å². The van der Waals surface area contributed by atoms with Crippen LogP contribution >= 0.6 is 12.4 Å². The number of ether oxygens (including phenoxy) is 1. The number of carbonyl (C=O) groups is 2. The number of fused-ring (bicyclic) bond motifs is 1. The average molecular weight is 432 g/mol. The van der Waals surface area contributed by atoms with Crippen molar-refractivity contribution in [1.29, 1.82) is 0 Å². The maximum atomic E-state index is 12.8. The van der Waals surface area contributed by atoms with Crippen LogP contribution < -0.4 is 20.7 Å². The second kappa shape index (κ2) is 11.0. The fourth-order valence-corrected chi connectivity index (χ4v) is 3.57. The molecule has 3 rings (SSSR count). The van der Waals surface area contributed by atoms with Crippen molar-refractivity contribution in [2.45, 2.75) is 45.4 Å². The molecule has 1 heterocycles. The first-order valence-electron chi connectivity index (χ1n) is 9.99. The van der Waals surface area contributed by atoms with Crippen LogP contribution in [0, 0.1) is 5.92 Å². The summed E-state index contributed by atoms with van der Waals surface area (Å²) in [5, 5.41) is 9.13. The predicted octanol–water partition coefficient (Wildman–Crippen LogP) is 2.59. The highest BCUT2D eigenvalue weighted by atomic mass is 35.5. The van der Waals surface area contributed by atoms with Crippen molar-refractivity contribution in [3.8, 4) is 5.75 Å². The summed E-state index contributed by atoms with van der Waals surface area (Å²) in [5.74, 6) is 0.344. The van der Waals surface area contributed by atoms with Crippen LogP contribution in [-0.2, 0) is 29.1 Å². The monoisotopic (exact) mass is 431 g/mol. The second-order valence-corrected chi connectivity index (χ2v) is 7.67. The number of benzene rings is 2. The first-order valence-corrected chi connectivity index (χ1v) is 9.99. The molecule has 7 heteroatoms. The molecular formula is C23H30ClN3O3. The summed E-state index contributed by atoms with van der Waals surface area (Å²) in [7, 11) is 1.60. The van der Waals surface area contributed by atoms with Gasteiger partial charge in [0.25, 0.3) is 0 Å². The lowest BCUT2D eigenvalue weighted by atomic mass is 9.94. The number of hydrogen-bond donors (Lipinski definition) is 3. The molecule has 1 aliphatic rings. The third-order valence-electron chi connectivity index (χ3n) is 5.29. The van der Waals surface area contributed by atoms with Crippen molar-refractivity contribution in [3.05, 3.63) is 65.2 Å². The van der Waals surface area contributed by atoms with Crippen molar-refractivity contribution >= 4 is 24.2 Å². The van der Waals surface area contributed by atoms with Crippen molar-refractivity contribution in [2.75, 3.05) is 7.11 Å². The van der Waals surface area contributed by atoms with Gasteiger partial charge in [0.2, 0.25) is 11.8 Å². The average Bonchev–Trinajstić information content (AvgIpc) is 2.75. The van der Waals surface area contributed by atoms with Crippen LogP contribution in [-0.4, -0.2) is 31.0 Å². The summed E-state index contributed by atoms with van der Waals surface area (Å²) in [6, 6.07) is 14.7. The largest absolute Gasteiger partial charge is 0.496 e. The van der Waals surface area contributed by atoms with E-state index in [2.05, 4.69) is 28.1 Å². The molecule has 2 amide bonds. The molecular weight excluding hydrogens is 402 g/mol. The first-order chi connectivity index (χ1) is 14.0.